The van der Waals surface area contributed by atoms with Gasteiger partial charge in [-0.25, -0.2) is 8.42 Å². The molecule has 3 rings (SSSR count). The molecule has 0 fully saturated rings. The van der Waals surface area contributed by atoms with Crippen LogP contribution in [0.1, 0.15) is 5.56 Å². The van der Waals surface area contributed by atoms with Gasteiger partial charge in [-0.2, -0.15) is 0 Å². The molecule has 0 aliphatic heterocycles. The lowest BCUT2D eigenvalue weighted by Crippen LogP contribution is -2.12. The Kier molecular flexibility index (Phi) is 4.82. The number of ether oxygens (including phenoxy) is 1. The number of rotatable bonds is 6. The SMILES string of the molecule is O=S(=O)(Nc1c[c]cc(OCc2ccccc2)c1)c1ccccc1. The van der Waals surface area contributed by atoms with Crippen molar-refractivity contribution in [2.75, 3.05) is 4.72 Å². The topological polar surface area (TPSA) is 55.4 Å². The molecular formula is C19H16NO3S. The van der Waals surface area contributed by atoms with E-state index in [0.29, 0.717) is 18.0 Å². The Labute approximate surface area is 141 Å². The van der Waals surface area contributed by atoms with E-state index >= 15 is 0 Å². The third-order valence-electron chi connectivity index (χ3n) is 3.32. The molecule has 0 aliphatic rings. The average Bonchev–Trinajstić information content (AvgIpc) is 2.62. The second-order valence-corrected chi connectivity index (χ2v) is 6.83. The predicted octanol–water partition coefficient (Wildman–Crippen LogP) is 3.87. The highest BCUT2D eigenvalue weighted by molar-refractivity contribution is 7.92. The van der Waals surface area contributed by atoms with Crippen molar-refractivity contribution in [3.05, 3.63) is 90.5 Å². The zero-order valence-corrected chi connectivity index (χ0v) is 13.7. The lowest BCUT2D eigenvalue weighted by atomic mass is 10.2. The monoisotopic (exact) mass is 338 g/mol. The van der Waals surface area contributed by atoms with Gasteiger partial charge in [0.1, 0.15) is 12.4 Å². The van der Waals surface area contributed by atoms with Gasteiger partial charge < -0.3 is 4.74 Å². The van der Waals surface area contributed by atoms with Crippen LogP contribution in [-0.4, -0.2) is 8.42 Å². The maximum Gasteiger partial charge on any atom is 0.261 e. The molecule has 0 saturated carbocycles. The zero-order chi connectivity index (χ0) is 16.8. The highest BCUT2D eigenvalue weighted by Crippen LogP contribution is 2.21. The van der Waals surface area contributed by atoms with Gasteiger partial charge >= 0.3 is 0 Å². The molecule has 3 aromatic rings. The lowest BCUT2D eigenvalue weighted by molar-refractivity contribution is 0.306. The molecule has 0 bridgehead atoms. The molecule has 0 aromatic heterocycles. The van der Waals surface area contributed by atoms with Gasteiger partial charge in [-0.05, 0) is 35.9 Å². The summed E-state index contributed by atoms with van der Waals surface area (Å²) in [5.41, 5.74) is 1.44. The van der Waals surface area contributed by atoms with E-state index in [2.05, 4.69) is 10.8 Å². The van der Waals surface area contributed by atoms with Crippen LogP contribution in [0.25, 0.3) is 0 Å². The molecule has 1 radical (unpaired) electrons. The van der Waals surface area contributed by atoms with Crippen LogP contribution < -0.4 is 9.46 Å². The number of hydrogen-bond acceptors (Lipinski definition) is 3. The van der Waals surface area contributed by atoms with Crippen LogP contribution >= 0.6 is 0 Å². The van der Waals surface area contributed by atoms with E-state index < -0.39 is 10.0 Å². The lowest BCUT2D eigenvalue weighted by Gasteiger charge is -2.10. The van der Waals surface area contributed by atoms with Gasteiger partial charge in [-0.15, -0.1) is 0 Å². The molecule has 24 heavy (non-hydrogen) atoms. The maximum atomic E-state index is 12.3. The van der Waals surface area contributed by atoms with Crippen molar-refractivity contribution in [3.63, 3.8) is 0 Å². The van der Waals surface area contributed by atoms with E-state index in [1.54, 1.807) is 48.5 Å². The van der Waals surface area contributed by atoms with E-state index in [9.17, 15) is 8.42 Å². The molecular weight excluding hydrogens is 322 g/mol. The molecule has 121 valence electrons. The van der Waals surface area contributed by atoms with E-state index in [1.807, 2.05) is 30.3 Å². The quantitative estimate of drug-likeness (QED) is 0.742. The molecule has 0 atom stereocenters. The molecule has 0 spiro atoms. The minimum atomic E-state index is -3.62. The standard InChI is InChI=1S/C19H16NO3S/c21-24(22,19-12-5-2-6-13-19)20-17-10-7-11-18(14-17)23-15-16-8-3-1-4-9-16/h1-6,8-14,20H,15H2. The van der Waals surface area contributed by atoms with Gasteiger partial charge in [0.25, 0.3) is 10.0 Å². The Morgan fingerprint density at radius 2 is 1.58 bits per heavy atom. The van der Waals surface area contributed by atoms with E-state index in [0.717, 1.165) is 5.56 Å². The Bertz CT molecular complexity index is 894. The second kappa shape index (κ2) is 7.19. The van der Waals surface area contributed by atoms with Crippen molar-refractivity contribution in [1.82, 2.24) is 0 Å². The summed E-state index contributed by atoms with van der Waals surface area (Å²) in [7, 11) is -3.62. The number of hydrogen-bond donors (Lipinski definition) is 1. The molecule has 3 aromatic carbocycles. The van der Waals surface area contributed by atoms with Crippen molar-refractivity contribution >= 4 is 15.7 Å². The van der Waals surface area contributed by atoms with Crippen LogP contribution in [0.3, 0.4) is 0 Å². The van der Waals surface area contributed by atoms with Gasteiger partial charge in [0.15, 0.2) is 0 Å². The summed E-state index contributed by atoms with van der Waals surface area (Å²) in [5.74, 6) is 0.548. The van der Waals surface area contributed by atoms with Gasteiger partial charge in [-0.3, -0.25) is 4.72 Å². The van der Waals surface area contributed by atoms with Crippen molar-refractivity contribution in [2.24, 2.45) is 0 Å². The first-order chi connectivity index (χ1) is 11.6. The summed E-state index contributed by atoms with van der Waals surface area (Å²) in [6.45, 7) is 0.406. The highest BCUT2D eigenvalue weighted by Gasteiger charge is 2.13. The molecule has 0 amide bonds. The molecule has 0 aliphatic carbocycles. The van der Waals surface area contributed by atoms with Crippen molar-refractivity contribution in [2.45, 2.75) is 11.5 Å². The minimum Gasteiger partial charge on any atom is -0.489 e. The highest BCUT2D eigenvalue weighted by atomic mass is 32.2. The van der Waals surface area contributed by atoms with Gasteiger partial charge in [-0.1, -0.05) is 48.5 Å². The Morgan fingerprint density at radius 1 is 0.917 bits per heavy atom. The summed E-state index contributed by atoms with van der Waals surface area (Å²) < 4.78 is 32.9. The maximum absolute atomic E-state index is 12.3. The first kappa shape index (κ1) is 16.1. The normalized spacial score (nSPS) is 11.0. The molecule has 0 unspecified atom stereocenters. The first-order valence-electron chi connectivity index (χ1n) is 7.39. The summed E-state index contributed by atoms with van der Waals surface area (Å²) in [6.07, 6.45) is 0. The molecule has 0 heterocycles. The zero-order valence-electron chi connectivity index (χ0n) is 12.8. The fraction of sp³-hybridized carbons (Fsp3) is 0.0526. The van der Waals surface area contributed by atoms with Crippen LogP contribution in [0, 0.1) is 6.07 Å². The minimum absolute atomic E-state index is 0.209. The summed E-state index contributed by atoms with van der Waals surface area (Å²) in [4.78, 5) is 0.209. The number of anilines is 1. The van der Waals surface area contributed by atoms with Crippen molar-refractivity contribution in [3.8, 4) is 5.75 Å². The molecule has 4 nitrogen and oxygen atoms in total. The van der Waals surface area contributed by atoms with Crippen LogP contribution in [0.15, 0.2) is 83.8 Å². The Morgan fingerprint density at radius 3 is 2.29 bits per heavy atom. The molecule has 0 saturated heterocycles. The average molecular weight is 338 g/mol. The van der Waals surface area contributed by atoms with Crippen LogP contribution in [0.4, 0.5) is 5.69 Å². The van der Waals surface area contributed by atoms with E-state index in [1.165, 1.54) is 0 Å². The predicted molar refractivity (Wildman–Crippen MR) is 93.3 cm³/mol. The largest absolute Gasteiger partial charge is 0.489 e. The smallest absolute Gasteiger partial charge is 0.261 e. The van der Waals surface area contributed by atoms with Crippen molar-refractivity contribution < 1.29 is 13.2 Å². The van der Waals surface area contributed by atoms with Gasteiger partial charge in [0.2, 0.25) is 0 Å². The third kappa shape index (κ3) is 4.14. The van der Waals surface area contributed by atoms with Crippen LogP contribution in [0.2, 0.25) is 0 Å². The third-order valence-corrected chi connectivity index (χ3v) is 4.71. The fourth-order valence-corrected chi connectivity index (χ4v) is 3.21. The van der Waals surface area contributed by atoms with E-state index in [-0.39, 0.29) is 4.90 Å². The summed E-state index contributed by atoms with van der Waals surface area (Å²) >= 11 is 0. The number of nitrogens with one attached hydrogen (secondary N) is 1. The molecule has 5 heteroatoms. The van der Waals surface area contributed by atoms with Gasteiger partial charge in [0.05, 0.1) is 10.6 Å². The van der Waals surface area contributed by atoms with Gasteiger partial charge in [0, 0.05) is 6.07 Å². The summed E-state index contributed by atoms with van der Waals surface area (Å²) in [6, 6.07) is 25.7. The van der Waals surface area contributed by atoms with Crippen LogP contribution in [-0.2, 0) is 16.6 Å². The van der Waals surface area contributed by atoms with E-state index in [4.69, 9.17) is 4.74 Å². The number of benzene rings is 3. The Hall–Kier alpha value is -2.79. The second-order valence-electron chi connectivity index (χ2n) is 5.15. The Balaban J connectivity index is 1.71. The van der Waals surface area contributed by atoms with Crippen LogP contribution in [0.5, 0.6) is 5.75 Å². The summed E-state index contributed by atoms with van der Waals surface area (Å²) in [5, 5.41) is 0. The first-order valence-corrected chi connectivity index (χ1v) is 8.87. The van der Waals surface area contributed by atoms with Crippen molar-refractivity contribution in [1.29, 1.82) is 0 Å². The number of sulfonamides is 1. The fourth-order valence-electron chi connectivity index (χ4n) is 2.15. The molecule has 1 N–H and O–H groups in total.